The van der Waals surface area contributed by atoms with Crippen LogP contribution in [0.4, 0.5) is 0 Å². The molecule has 1 saturated heterocycles. The monoisotopic (exact) mass is 582 g/mol. The molecule has 2 heterocycles. The summed E-state index contributed by atoms with van der Waals surface area (Å²) in [6, 6.07) is 14.1. The Kier molecular flexibility index (Phi) is 7.91. The minimum Gasteiger partial charge on any atom is -0.508 e. The second-order valence-electron chi connectivity index (χ2n) is 9.61. The molecule has 7 N–H and O–H groups in total. The molecule has 0 unspecified atom stereocenters. The summed E-state index contributed by atoms with van der Waals surface area (Å²) in [5, 5.41) is 71.2. The highest BCUT2D eigenvalue weighted by Crippen LogP contribution is 2.39. The van der Waals surface area contributed by atoms with Crippen molar-refractivity contribution in [3.05, 3.63) is 76.5 Å². The minimum atomic E-state index is -1.92. The molecule has 42 heavy (non-hydrogen) atoms. The standard InChI is InChI=1S/C29H26O13/c30-15-10-18(33)22-19(11-15)40-27(14-6-7-16(31)17(32)9-14)28(24(22)36)42-29-26(38)25(37)23(35)20(41-29)12-39-21(34)8-13-4-2-1-3-5-13/h1-7,9-11,20,23,25-26,29-33,35,37-38H,8,12H2/t20-,23-,25+,26-,29+/m1/s1. The predicted molar refractivity (Wildman–Crippen MR) is 143 cm³/mol. The van der Waals surface area contributed by atoms with Crippen LogP contribution < -0.4 is 10.2 Å². The van der Waals surface area contributed by atoms with Crippen molar-refractivity contribution in [2.45, 2.75) is 37.1 Å². The summed E-state index contributed by atoms with van der Waals surface area (Å²) in [5.41, 5.74) is -0.578. The van der Waals surface area contributed by atoms with E-state index >= 15 is 0 Å². The van der Waals surface area contributed by atoms with Gasteiger partial charge in [-0.05, 0) is 23.8 Å². The Morgan fingerprint density at radius 2 is 1.57 bits per heavy atom. The molecule has 1 fully saturated rings. The first-order valence-corrected chi connectivity index (χ1v) is 12.6. The molecule has 3 aromatic carbocycles. The van der Waals surface area contributed by atoms with Crippen LogP contribution in [0.25, 0.3) is 22.3 Å². The van der Waals surface area contributed by atoms with Crippen LogP contribution in [0.3, 0.4) is 0 Å². The van der Waals surface area contributed by atoms with Crippen LogP contribution in [0.5, 0.6) is 28.7 Å². The van der Waals surface area contributed by atoms with Crippen molar-refractivity contribution >= 4 is 16.9 Å². The van der Waals surface area contributed by atoms with Gasteiger partial charge in [0, 0.05) is 17.7 Å². The van der Waals surface area contributed by atoms with Crippen LogP contribution in [0.2, 0.25) is 0 Å². The number of esters is 1. The van der Waals surface area contributed by atoms with E-state index in [1.807, 2.05) is 0 Å². The topological polar surface area (TPSA) is 217 Å². The number of ether oxygens (including phenoxy) is 3. The third-order valence-corrected chi connectivity index (χ3v) is 6.66. The van der Waals surface area contributed by atoms with Crippen molar-refractivity contribution in [2.24, 2.45) is 0 Å². The summed E-state index contributed by atoms with van der Waals surface area (Å²) in [6.07, 6.45) is -8.79. The van der Waals surface area contributed by atoms with E-state index in [0.717, 1.165) is 24.3 Å². The van der Waals surface area contributed by atoms with E-state index in [2.05, 4.69) is 0 Å². The van der Waals surface area contributed by atoms with Gasteiger partial charge in [0.1, 0.15) is 53.5 Å². The molecule has 220 valence electrons. The van der Waals surface area contributed by atoms with Gasteiger partial charge < -0.3 is 54.4 Å². The molecule has 1 aromatic heterocycles. The average molecular weight is 583 g/mol. The predicted octanol–water partition coefficient (Wildman–Crippen LogP) is 1.25. The second-order valence-corrected chi connectivity index (χ2v) is 9.61. The van der Waals surface area contributed by atoms with Gasteiger partial charge in [-0.25, -0.2) is 0 Å². The molecule has 0 aliphatic carbocycles. The Balaban J connectivity index is 1.47. The van der Waals surface area contributed by atoms with Gasteiger partial charge >= 0.3 is 5.97 Å². The number of aromatic hydroxyl groups is 4. The fourth-order valence-electron chi connectivity index (χ4n) is 4.49. The molecule has 0 bridgehead atoms. The van der Waals surface area contributed by atoms with Crippen LogP contribution in [-0.2, 0) is 20.7 Å². The highest BCUT2D eigenvalue weighted by molar-refractivity contribution is 5.88. The third-order valence-electron chi connectivity index (χ3n) is 6.66. The van der Waals surface area contributed by atoms with Gasteiger partial charge in [-0.2, -0.15) is 0 Å². The quantitative estimate of drug-likeness (QED) is 0.121. The van der Waals surface area contributed by atoms with Gasteiger partial charge in [-0.1, -0.05) is 30.3 Å². The number of hydrogen-bond donors (Lipinski definition) is 7. The van der Waals surface area contributed by atoms with Crippen LogP contribution in [0.15, 0.2) is 69.9 Å². The third kappa shape index (κ3) is 5.66. The molecule has 0 amide bonds. The van der Waals surface area contributed by atoms with E-state index in [1.54, 1.807) is 30.3 Å². The average Bonchev–Trinajstić information content (AvgIpc) is 2.95. The molecule has 0 radical (unpaired) electrons. The van der Waals surface area contributed by atoms with Gasteiger partial charge in [0.25, 0.3) is 0 Å². The Hall–Kier alpha value is -4.82. The molecule has 4 aromatic rings. The molecule has 13 nitrogen and oxygen atoms in total. The molecule has 5 atom stereocenters. The smallest absolute Gasteiger partial charge is 0.310 e. The SMILES string of the molecule is O=C(Cc1ccccc1)OC[C@H]1O[C@@H](Oc2c(-c3ccc(O)c(O)c3)oc3cc(O)cc(O)c3c2=O)[C@H](O)[C@@H](O)[C@@H]1O. The summed E-state index contributed by atoms with van der Waals surface area (Å²) < 4.78 is 22.2. The van der Waals surface area contributed by atoms with Crippen molar-refractivity contribution in [3.63, 3.8) is 0 Å². The summed E-state index contributed by atoms with van der Waals surface area (Å²) in [5.74, 6) is -3.82. The number of carbonyl (C=O) groups is 1. The normalized spacial score (nSPS) is 22.1. The zero-order valence-electron chi connectivity index (χ0n) is 21.7. The van der Waals surface area contributed by atoms with Gasteiger partial charge in [0.15, 0.2) is 17.3 Å². The number of hydrogen-bond acceptors (Lipinski definition) is 13. The lowest BCUT2D eigenvalue weighted by Gasteiger charge is -2.39. The Bertz CT molecular complexity index is 1670. The summed E-state index contributed by atoms with van der Waals surface area (Å²) >= 11 is 0. The number of carbonyl (C=O) groups excluding carboxylic acids is 1. The van der Waals surface area contributed by atoms with Crippen molar-refractivity contribution in [1.82, 2.24) is 0 Å². The lowest BCUT2D eigenvalue weighted by molar-refractivity contribution is -0.278. The number of benzene rings is 3. The van der Waals surface area contributed by atoms with Gasteiger partial charge in [-0.15, -0.1) is 0 Å². The van der Waals surface area contributed by atoms with E-state index in [-0.39, 0.29) is 23.3 Å². The number of aliphatic hydroxyl groups excluding tert-OH is 3. The molecular formula is C29H26O13. The molecule has 5 rings (SSSR count). The summed E-state index contributed by atoms with van der Waals surface area (Å²) in [6.45, 7) is -0.540. The van der Waals surface area contributed by atoms with E-state index in [0.29, 0.717) is 5.56 Å². The molecular weight excluding hydrogens is 556 g/mol. The maximum absolute atomic E-state index is 13.5. The molecule has 0 saturated carbocycles. The highest BCUT2D eigenvalue weighted by atomic mass is 16.7. The number of phenolic OH excluding ortho intramolecular Hbond substituents is 4. The molecule has 1 aliphatic rings. The Morgan fingerprint density at radius 1 is 0.833 bits per heavy atom. The van der Waals surface area contributed by atoms with Crippen LogP contribution >= 0.6 is 0 Å². The van der Waals surface area contributed by atoms with Crippen LogP contribution in [0, 0.1) is 0 Å². The van der Waals surface area contributed by atoms with Crippen molar-refractivity contribution in [3.8, 4) is 40.1 Å². The van der Waals surface area contributed by atoms with Crippen LogP contribution in [0.1, 0.15) is 5.56 Å². The number of rotatable bonds is 7. The van der Waals surface area contributed by atoms with Gasteiger partial charge in [-0.3, -0.25) is 9.59 Å². The van der Waals surface area contributed by atoms with E-state index in [4.69, 9.17) is 18.6 Å². The fraction of sp³-hybridized carbons (Fsp3) is 0.241. The largest absolute Gasteiger partial charge is 0.508 e. The van der Waals surface area contributed by atoms with E-state index < -0.39 is 82.8 Å². The summed E-state index contributed by atoms with van der Waals surface area (Å²) in [7, 11) is 0. The number of phenols is 4. The fourth-order valence-corrected chi connectivity index (χ4v) is 4.49. The van der Waals surface area contributed by atoms with Crippen molar-refractivity contribution in [2.75, 3.05) is 6.61 Å². The zero-order chi connectivity index (χ0) is 30.1. The Morgan fingerprint density at radius 3 is 2.29 bits per heavy atom. The summed E-state index contributed by atoms with van der Waals surface area (Å²) in [4.78, 5) is 25.9. The molecule has 1 aliphatic heterocycles. The van der Waals surface area contributed by atoms with Gasteiger partial charge in [0.05, 0.1) is 6.42 Å². The van der Waals surface area contributed by atoms with E-state index in [1.165, 1.54) is 6.07 Å². The van der Waals surface area contributed by atoms with Crippen molar-refractivity contribution in [1.29, 1.82) is 0 Å². The number of aliphatic hydroxyl groups is 3. The van der Waals surface area contributed by atoms with Gasteiger partial charge in [0.2, 0.25) is 17.5 Å². The van der Waals surface area contributed by atoms with Crippen LogP contribution in [-0.4, -0.2) is 79.0 Å². The maximum Gasteiger partial charge on any atom is 0.310 e. The second kappa shape index (κ2) is 11.6. The van der Waals surface area contributed by atoms with E-state index in [9.17, 15) is 45.3 Å². The first-order valence-electron chi connectivity index (χ1n) is 12.6. The lowest BCUT2D eigenvalue weighted by atomic mass is 9.99. The Labute approximate surface area is 236 Å². The zero-order valence-corrected chi connectivity index (χ0v) is 21.7. The first kappa shape index (κ1) is 28.7. The molecule has 0 spiro atoms. The number of fused-ring (bicyclic) bond motifs is 1. The molecule has 13 heteroatoms. The lowest BCUT2D eigenvalue weighted by Crippen LogP contribution is -2.60. The van der Waals surface area contributed by atoms with Crippen molar-refractivity contribution < 1.29 is 59.2 Å². The first-order chi connectivity index (χ1) is 20.0. The minimum absolute atomic E-state index is 0.000549. The highest BCUT2D eigenvalue weighted by Gasteiger charge is 2.46. The maximum atomic E-state index is 13.5.